The van der Waals surface area contributed by atoms with Crippen LogP contribution in [0.4, 0.5) is 0 Å². The molecule has 106 valence electrons. The average molecular weight is 274 g/mol. The quantitative estimate of drug-likeness (QED) is 0.831. The molecule has 1 aliphatic carbocycles. The maximum Gasteiger partial charge on any atom is 0.275 e. The molecule has 0 spiro atoms. The van der Waals surface area contributed by atoms with E-state index < -0.39 is 0 Å². The summed E-state index contributed by atoms with van der Waals surface area (Å²) in [6, 6.07) is 0. The molecule has 2 heterocycles. The summed E-state index contributed by atoms with van der Waals surface area (Å²) in [5.41, 5.74) is 1.35. The third-order valence-corrected chi connectivity index (χ3v) is 3.59. The number of carbonyl (C=O) groups excluding carboxylic acids is 1. The van der Waals surface area contributed by atoms with Crippen molar-refractivity contribution in [3.8, 4) is 0 Å². The van der Waals surface area contributed by atoms with Gasteiger partial charge in [-0.1, -0.05) is 0 Å². The van der Waals surface area contributed by atoms with Crippen molar-refractivity contribution in [3.63, 3.8) is 0 Å². The Labute approximate surface area is 117 Å². The Morgan fingerprint density at radius 2 is 2.35 bits per heavy atom. The predicted octanol–water partition coefficient (Wildman–Crippen LogP) is 1.63. The van der Waals surface area contributed by atoms with Crippen molar-refractivity contribution in [1.82, 2.24) is 19.4 Å². The maximum absolute atomic E-state index is 12.3. The molecule has 2 aromatic heterocycles. The molecule has 0 atom stereocenters. The fourth-order valence-corrected chi connectivity index (χ4v) is 2.12. The number of hydrogen-bond donors (Lipinski definition) is 0. The first-order chi connectivity index (χ1) is 9.63. The summed E-state index contributed by atoms with van der Waals surface area (Å²) in [5.74, 6) is 1.24. The molecule has 20 heavy (non-hydrogen) atoms. The van der Waals surface area contributed by atoms with Crippen LogP contribution >= 0.6 is 0 Å². The summed E-state index contributed by atoms with van der Waals surface area (Å²) in [4.78, 5) is 22.2. The lowest BCUT2D eigenvalue weighted by atomic mass is 10.3. The van der Waals surface area contributed by atoms with Gasteiger partial charge in [-0.15, -0.1) is 0 Å². The van der Waals surface area contributed by atoms with Gasteiger partial charge in [0.25, 0.3) is 5.91 Å². The maximum atomic E-state index is 12.3. The molecule has 2 aromatic rings. The zero-order valence-electron chi connectivity index (χ0n) is 11.7. The molecule has 0 radical (unpaired) electrons. The molecule has 6 heteroatoms. The highest BCUT2D eigenvalue weighted by Gasteiger charge is 2.25. The van der Waals surface area contributed by atoms with Gasteiger partial charge in [0.1, 0.15) is 6.26 Å². The smallest absolute Gasteiger partial charge is 0.275 e. The van der Waals surface area contributed by atoms with Crippen molar-refractivity contribution < 1.29 is 9.21 Å². The van der Waals surface area contributed by atoms with Gasteiger partial charge in [-0.3, -0.25) is 4.79 Å². The van der Waals surface area contributed by atoms with E-state index in [1.54, 1.807) is 24.5 Å². The number of nitrogens with zero attached hydrogens (tertiary/aromatic N) is 4. The minimum Gasteiger partial charge on any atom is -0.448 e. The zero-order valence-corrected chi connectivity index (χ0v) is 11.7. The molecular weight excluding hydrogens is 256 g/mol. The first kappa shape index (κ1) is 12.9. The van der Waals surface area contributed by atoms with Crippen molar-refractivity contribution >= 4 is 5.91 Å². The molecule has 1 saturated carbocycles. The zero-order chi connectivity index (χ0) is 14.1. The molecule has 0 N–H and O–H groups in total. The third-order valence-electron chi connectivity index (χ3n) is 3.59. The first-order valence-electron chi connectivity index (χ1n) is 6.78. The van der Waals surface area contributed by atoms with E-state index in [-0.39, 0.29) is 5.91 Å². The van der Waals surface area contributed by atoms with Gasteiger partial charge in [0, 0.05) is 26.7 Å². The molecule has 0 saturated heterocycles. The summed E-state index contributed by atoms with van der Waals surface area (Å²) < 4.78 is 7.26. The molecule has 1 aliphatic rings. The van der Waals surface area contributed by atoms with Gasteiger partial charge < -0.3 is 13.9 Å². The van der Waals surface area contributed by atoms with Crippen LogP contribution in [0, 0.1) is 5.92 Å². The SMILES string of the molecule is CN(Cc1cncn1C)C(=O)c1coc(CC2CC2)n1. The van der Waals surface area contributed by atoms with Gasteiger partial charge in [0.05, 0.1) is 18.6 Å². The van der Waals surface area contributed by atoms with Gasteiger partial charge in [-0.25, -0.2) is 9.97 Å². The Hall–Kier alpha value is -2.11. The van der Waals surface area contributed by atoms with Crippen molar-refractivity contribution in [2.75, 3.05) is 7.05 Å². The van der Waals surface area contributed by atoms with Gasteiger partial charge >= 0.3 is 0 Å². The summed E-state index contributed by atoms with van der Waals surface area (Å²) in [6.45, 7) is 0.500. The van der Waals surface area contributed by atoms with E-state index in [1.807, 2.05) is 11.6 Å². The molecule has 6 nitrogen and oxygen atoms in total. The number of aromatic nitrogens is 3. The number of imidazole rings is 1. The highest BCUT2D eigenvalue weighted by Crippen LogP contribution is 2.32. The van der Waals surface area contributed by atoms with Crippen LogP contribution in [0.2, 0.25) is 0 Å². The highest BCUT2D eigenvalue weighted by molar-refractivity contribution is 5.91. The molecule has 0 aliphatic heterocycles. The molecule has 0 bridgehead atoms. The standard InChI is InChI=1S/C14H18N4O2/c1-17(7-11-6-15-9-18(11)2)14(19)12-8-20-13(16-12)5-10-3-4-10/h6,8-10H,3-5,7H2,1-2H3. The lowest BCUT2D eigenvalue weighted by Gasteiger charge is -2.15. The fraction of sp³-hybridized carbons (Fsp3) is 0.500. The van der Waals surface area contributed by atoms with Gasteiger partial charge in [0.2, 0.25) is 0 Å². The first-order valence-corrected chi connectivity index (χ1v) is 6.78. The van der Waals surface area contributed by atoms with E-state index in [9.17, 15) is 4.79 Å². The van der Waals surface area contributed by atoms with Crippen LogP contribution in [0.25, 0.3) is 0 Å². The average Bonchev–Trinajstić information content (AvgIpc) is 2.96. The lowest BCUT2D eigenvalue weighted by Crippen LogP contribution is -2.27. The Morgan fingerprint density at radius 1 is 1.55 bits per heavy atom. The van der Waals surface area contributed by atoms with E-state index in [2.05, 4.69) is 9.97 Å². The van der Waals surface area contributed by atoms with E-state index in [1.165, 1.54) is 19.1 Å². The number of oxazole rings is 1. The number of rotatable bonds is 5. The van der Waals surface area contributed by atoms with Crippen LogP contribution in [-0.4, -0.2) is 32.4 Å². The summed E-state index contributed by atoms with van der Waals surface area (Å²) in [5, 5.41) is 0. The van der Waals surface area contributed by atoms with E-state index >= 15 is 0 Å². The second-order valence-electron chi connectivity index (χ2n) is 5.43. The number of amides is 1. The predicted molar refractivity (Wildman–Crippen MR) is 71.9 cm³/mol. The van der Waals surface area contributed by atoms with Crippen molar-refractivity contribution in [2.24, 2.45) is 13.0 Å². The van der Waals surface area contributed by atoms with E-state index in [0.29, 0.717) is 24.0 Å². The van der Waals surface area contributed by atoms with Crippen molar-refractivity contribution in [2.45, 2.75) is 25.8 Å². The van der Waals surface area contributed by atoms with E-state index in [0.717, 1.165) is 12.1 Å². The van der Waals surface area contributed by atoms with Crippen LogP contribution in [0.5, 0.6) is 0 Å². The number of carbonyl (C=O) groups is 1. The lowest BCUT2D eigenvalue weighted by molar-refractivity contribution is 0.0776. The van der Waals surface area contributed by atoms with Crippen LogP contribution in [0.3, 0.4) is 0 Å². The van der Waals surface area contributed by atoms with E-state index in [4.69, 9.17) is 4.42 Å². The Kier molecular flexibility index (Phi) is 3.30. The second kappa shape index (κ2) is 5.11. The summed E-state index contributed by atoms with van der Waals surface area (Å²) in [6.07, 6.45) is 8.26. The molecule has 0 unspecified atom stereocenters. The van der Waals surface area contributed by atoms with Gasteiger partial charge in [0.15, 0.2) is 11.6 Å². The van der Waals surface area contributed by atoms with Crippen LogP contribution in [0.1, 0.15) is 34.9 Å². The second-order valence-corrected chi connectivity index (χ2v) is 5.43. The minimum absolute atomic E-state index is 0.128. The topological polar surface area (TPSA) is 64.2 Å². The minimum atomic E-state index is -0.128. The molecular formula is C14H18N4O2. The van der Waals surface area contributed by atoms with Gasteiger partial charge in [-0.2, -0.15) is 0 Å². The Balaban J connectivity index is 1.64. The third kappa shape index (κ3) is 2.74. The molecule has 1 amide bonds. The summed E-state index contributed by atoms with van der Waals surface area (Å²) in [7, 11) is 3.66. The number of hydrogen-bond acceptors (Lipinski definition) is 4. The monoisotopic (exact) mass is 274 g/mol. The Morgan fingerprint density at radius 3 is 3.00 bits per heavy atom. The van der Waals surface area contributed by atoms with Crippen LogP contribution in [0.15, 0.2) is 23.2 Å². The molecule has 0 aromatic carbocycles. The molecule has 3 rings (SSSR count). The number of aryl methyl sites for hydroxylation is 1. The van der Waals surface area contributed by atoms with Crippen LogP contribution < -0.4 is 0 Å². The Bertz CT molecular complexity index is 612. The van der Waals surface area contributed by atoms with Crippen molar-refractivity contribution in [1.29, 1.82) is 0 Å². The largest absolute Gasteiger partial charge is 0.448 e. The highest BCUT2D eigenvalue weighted by atomic mass is 16.3. The summed E-state index contributed by atoms with van der Waals surface area (Å²) >= 11 is 0. The molecule has 1 fully saturated rings. The normalized spacial score (nSPS) is 14.5. The van der Waals surface area contributed by atoms with Crippen LogP contribution in [-0.2, 0) is 20.0 Å². The fourth-order valence-electron chi connectivity index (χ4n) is 2.12. The van der Waals surface area contributed by atoms with Gasteiger partial charge in [-0.05, 0) is 18.8 Å². The van der Waals surface area contributed by atoms with Crippen molar-refractivity contribution in [3.05, 3.63) is 36.1 Å².